The highest BCUT2D eigenvalue weighted by Gasteiger charge is 2.17. The Labute approximate surface area is 155 Å². The third-order valence-electron chi connectivity index (χ3n) is 3.57. The monoisotopic (exact) mass is 369 g/mol. The van der Waals surface area contributed by atoms with Crippen molar-refractivity contribution >= 4 is 23.9 Å². The van der Waals surface area contributed by atoms with Crippen molar-refractivity contribution in [2.24, 2.45) is 4.99 Å². The average Bonchev–Trinajstić information content (AvgIpc) is 2.51. The molecule has 8 heteroatoms. The predicted molar refractivity (Wildman–Crippen MR) is 97.7 cm³/mol. The summed E-state index contributed by atoms with van der Waals surface area (Å²) in [6, 6.07) is 0. The summed E-state index contributed by atoms with van der Waals surface area (Å²) in [5.41, 5.74) is -0.706. The Morgan fingerprint density at radius 3 is 2.31 bits per heavy atom. The summed E-state index contributed by atoms with van der Waals surface area (Å²) in [6.07, 6.45) is 6.39. The zero-order valence-corrected chi connectivity index (χ0v) is 16.1. The molecule has 1 aliphatic heterocycles. The van der Waals surface area contributed by atoms with E-state index in [2.05, 4.69) is 15.6 Å². The van der Waals surface area contributed by atoms with E-state index < -0.39 is 17.7 Å². The number of hydrogen-bond acceptors (Lipinski definition) is 5. The number of ether oxygens (including phenoxy) is 2. The number of cyclic esters (lactones) is 1. The molecule has 1 aliphatic rings. The van der Waals surface area contributed by atoms with Gasteiger partial charge in [-0.3, -0.25) is 14.9 Å². The van der Waals surface area contributed by atoms with Gasteiger partial charge in [0, 0.05) is 6.42 Å². The lowest BCUT2D eigenvalue weighted by atomic mass is 10.1. The molecular weight excluding hydrogens is 338 g/mol. The first-order chi connectivity index (χ1) is 12.3. The second kappa shape index (κ2) is 11.5. The van der Waals surface area contributed by atoms with Crippen molar-refractivity contribution in [1.29, 1.82) is 0 Å². The van der Waals surface area contributed by atoms with Crippen molar-refractivity contribution in [2.45, 2.75) is 77.7 Å². The van der Waals surface area contributed by atoms with Crippen LogP contribution in [0.3, 0.4) is 0 Å². The molecule has 0 atom stereocenters. The van der Waals surface area contributed by atoms with Crippen molar-refractivity contribution in [1.82, 2.24) is 10.6 Å². The number of amides is 2. The molecule has 1 heterocycles. The summed E-state index contributed by atoms with van der Waals surface area (Å²) in [7, 11) is 0. The maximum atomic E-state index is 12.0. The molecule has 0 spiro atoms. The zero-order valence-electron chi connectivity index (χ0n) is 16.1. The number of guanidine groups is 1. The molecule has 1 fully saturated rings. The van der Waals surface area contributed by atoms with E-state index >= 15 is 0 Å². The first-order valence-corrected chi connectivity index (χ1v) is 9.27. The van der Waals surface area contributed by atoms with Crippen molar-refractivity contribution in [3.8, 4) is 0 Å². The molecule has 0 aromatic heterocycles. The van der Waals surface area contributed by atoms with Crippen molar-refractivity contribution in [3.63, 3.8) is 0 Å². The Balaban J connectivity index is 2.71. The standard InChI is InChI=1S/C18H31N3O5/c1-18(2,3)26-17(24)21-16-19-13-15(23)25-12-10-8-6-4-5-7-9-11-14(22)20-16/h4-13H2,1-3H3,(H2,19,20,21,22,24). The molecule has 1 saturated heterocycles. The summed E-state index contributed by atoms with van der Waals surface area (Å²) in [5, 5.41) is 5.17. The van der Waals surface area contributed by atoms with Crippen LogP contribution in [0.4, 0.5) is 4.79 Å². The second-order valence-corrected chi connectivity index (χ2v) is 7.29. The zero-order chi connectivity index (χ0) is 19.4. The lowest BCUT2D eigenvalue weighted by Gasteiger charge is -2.18. The molecule has 26 heavy (non-hydrogen) atoms. The first kappa shape index (κ1) is 21.9. The highest BCUT2D eigenvalue weighted by molar-refractivity contribution is 6.01. The lowest BCUT2D eigenvalue weighted by molar-refractivity contribution is -0.142. The smallest absolute Gasteiger partial charge is 0.437 e. The van der Waals surface area contributed by atoms with Crippen molar-refractivity contribution in [2.75, 3.05) is 13.2 Å². The van der Waals surface area contributed by atoms with Crippen LogP contribution in [0.5, 0.6) is 0 Å². The summed E-state index contributed by atoms with van der Waals surface area (Å²) < 4.78 is 10.2. The Hall–Kier alpha value is -2.12. The highest BCUT2D eigenvalue weighted by atomic mass is 16.6. The number of nitrogens with one attached hydrogen (secondary N) is 2. The summed E-state index contributed by atoms with van der Waals surface area (Å²) in [5.74, 6) is -0.836. The number of aliphatic imine (C=N–C) groups is 1. The Kier molecular flexibility index (Phi) is 9.69. The summed E-state index contributed by atoms with van der Waals surface area (Å²) >= 11 is 0. The van der Waals surface area contributed by atoms with Crippen LogP contribution in [0.1, 0.15) is 72.1 Å². The minimum absolute atomic E-state index is 0.103. The molecule has 0 radical (unpaired) electrons. The molecule has 0 bridgehead atoms. The van der Waals surface area contributed by atoms with Crippen LogP contribution in [0.25, 0.3) is 0 Å². The molecule has 0 unspecified atom stereocenters. The van der Waals surface area contributed by atoms with Gasteiger partial charge in [-0.1, -0.05) is 32.1 Å². The fourth-order valence-corrected chi connectivity index (χ4v) is 2.35. The van der Waals surface area contributed by atoms with Gasteiger partial charge in [0.05, 0.1) is 6.61 Å². The Bertz CT molecular complexity index is 511. The predicted octanol–water partition coefficient (Wildman–Crippen LogP) is 2.66. The normalized spacial score (nSPS) is 20.7. The van der Waals surface area contributed by atoms with Crippen LogP contribution in [0.2, 0.25) is 0 Å². The number of esters is 1. The minimum atomic E-state index is -0.844. The molecule has 148 valence electrons. The lowest BCUT2D eigenvalue weighted by Crippen LogP contribution is -2.44. The molecular formula is C18H31N3O5. The van der Waals surface area contributed by atoms with E-state index in [0.29, 0.717) is 13.0 Å². The van der Waals surface area contributed by atoms with E-state index in [1.807, 2.05) is 0 Å². The van der Waals surface area contributed by atoms with E-state index in [4.69, 9.17) is 9.47 Å². The molecule has 8 nitrogen and oxygen atoms in total. The topological polar surface area (TPSA) is 106 Å². The van der Waals surface area contributed by atoms with E-state index in [9.17, 15) is 14.4 Å². The van der Waals surface area contributed by atoms with Crippen LogP contribution in [-0.2, 0) is 19.1 Å². The van der Waals surface area contributed by atoms with E-state index in [1.54, 1.807) is 20.8 Å². The largest absolute Gasteiger partial charge is 0.464 e. The molecule has 0 aliphatic carbocycles. The number of carbonyl (C=O) groups is 3. The summed E-state index contributed by atoms with van der Waals surface area (Å²) in [6.45, 7) is 5.32. The quantitative estimate of drug-likeness (QED) is 0.636. The van der Waals surface area contributed by atoms with E-state index in [1.165, 1.54) is 0 Å². The van der Waals surface area contributed by atoms with Crippen LogP contribution in [-0.4, -0.2) is 42.7 Å². The van der Waals surface area contributed by atoms with Gasteiger partial charge in [0.15, 0.2) is 0 Å². The molecule has 2 amide bonds. The van der Waals surface area contributed by atoms with Gasteiger partial charge in [0.25, 0.3) is 0 Å². The van der Waals surface area contributed by atoms with Gasteiger partial charge in [0.1, 0.15) is 12.1 Å². The van der Waals surface area contributed by atoms with Crippen LogP contribution < -0.4 is 10.6 Å². The maximum absolute atomic E-state index is 12.0. The molecule has 0 aromatic rings. The van der Waals surface area contributed by atoms with Gasteiger partial charge in [-0.05, 0) is 33.6 Å². The maximum Gasteiger partial charge on any atom is 0.437 e. The highest BCUT2D eigenvalue weighted by Crippen LogP contribution is 2.09. The van der Waals surface area contributed by atoms with Crippen LogP contribution in [0, 0.1) is 0 Å². The number of carbonyl (C=O) groups excluding carboxylic acids is 3. The third kappa shape index (κ3) is 11.4. The Morgan fingerprint density at radius 2 is 1.65 bits per heavy atom. The molecule has 1 rings (SSSR count). The van der Waals surface area contributed by atoms with Gasteiger partial charge in [-0.2, -0.15) is 0 Å². The number of hydrogen-bond donors (Lipinski definition) is 2. The van der Waals surface area contributed by atoms with Crippen molar-refractivity contribution < 1.29 is 23.9 Å². The molecule has 0 saturated carbocycles. The third-order valence-corrected chi connectivity index (χ3v) is 3.57. The number of nitrogens with zero attached hydrogens (tertiary/aromatic N) is 1. The summed E-state index contributed by atoms with van der Waals surface area (Å²) in [4.78, 5) is 39.4. The van der Waals surface area contributed by atoms with E-state index in [-0.39, 0.29) is 18.4 Å². The van der Waals surface area contributed by atoms with Crippen LogP contribution >= 0.6 is 0 Å². The van der Waals surface area contributed by atoms with Gasteiger partial charge in [0.2, 0.25) is 11.9 Å². The average molecular weight is 369 g/mol. The van der Waals surface area contributed by atoms with Gasteiger partial charge < -0.3 is 14.8 Å². The fourth-order valence-electron chi connectivity index (χ4n) is 2.35. The van der Waals surface area contributed by atoms with Gasteiger partial charge in [-0.15, -0.1) is 4.99 Å². The Morgan fingerprint density at radius 1 is 1.04 bits per heavy atom. The van der Waals surface area contributed by atoms with Gasteiger partial charge in [-0.25, -0.2) is 4.79 Å². The first-order valence-electron chi connectivity index (χ1n) is 9.27. The minimum Gasteiger partial charge on any atom is -0.464 e. The second-order valence-electron chi connectivity index (χ2n) is 7.29. The molecule has 0 aromatic carbocycles. The van der Waals surface area contributed by atoms with Crippen LogP contribution in [0.15, 0.2) is 4.99 Å². The SMILES string of the molecule is CC(C)(C)OC(=O)N=C1NCC(=O)OCCCCCCCCCC(=O)N1. The van der Waals surface area contributed by atoms with Gasteiger partial charge >= 0.3 is 12.1 Å². The number of rotatable bonds is 0. The van der Waals surface area contributed by atoms with E-state index in [0.717, 1.165) is 44.9 Å². The fraction of sp³-hybridized carbons (Fsp3) is 0.778. The molecule has 2 N–H and O–H groups in total. The van der Waals surface area contributed by atoms with Crippen molar-refractivity contribution in [3.05, 3.63) is 0 Å².